The Bertz CT molecular complexity index is 869. The first-order chi connectivity index (χ1) is 10.8. The van der Waals surface area contributed by atoms with Gasteiger partial charge in [0.2, 0.25) is 0 Å². The summed E-state index contributed by atoms with van der Waals surface area (Å²) >= 11 is 7.10. The second kappa shape index (κ2) is 7.13. The number of benzene rings is 3. The number of rotatable bonds is 2. The summed E-state index contributed by atoms with van der Waals surface area (Å²) in [6, 6.07) is 21.0. The Hall–Kier alpha value is -1.56. The standard InChI is InChI=1S/C20H14Br2/c21-13-17-7-2-1-5-15(17)11-12-20-18(14-22)10-9-16-6-3-4-8-19(16)20/h1-10H,13-14H2. The molecule has 0 aromatic heterocycles. The number of hydrogen-bond acceptors (Lipinski definition) is 0. The highest BCUT2D eigenvalue weighted by atomic mass is 79.9. The van der Waals surface area contributed by atoms with Gasteiger partial charge in [0.25, 0.3) is 0 Å². The van der Waals surface area contributed by atoms with Gasteiger partial charge in [-0.05, 0) is 28.0 Å². The first kappa shape index (κ1) is 15.3. The van der Waals surface area contributed by atoms with E-state index in [0.717, 1.165) is 21.8 Å². The van der Waals surface area contributed by atoms with Crippen LogP contribution in [0.25, 0.3) is 10.8 Å². The van der Waals surface area contributed by atoms with Gasteiger partial charge in [0.05, 0.1) is 0 Å². The van der Waals surface area contributed by atoms with Crippen molar-refractivity contribution in [2.24, 2.45) is 0 Å². The molecule has 2 heteroatoms. The molecule has 3 aromatic carbocycles. The Balaban J connectivity index is 2.17. The van der Waals surface area contributed by atoms with Crippen molar-refractivity contribution in [1.29, 1.82) is 0 Å². The summed E-state index contributed by atoms with van der Waals surface area (Å²) in [6.07, 6.45) is 0. The van der Waals surface area contributed by atoms with E-state index in [1.54, 1.807) is 0 Å². The molecule has 0 atom stereocenters. The Kier molecular flexibility index (Phi) is 4.97. The molecular formula is C20H14Br2. The summed E-state index contributed by atoms with van der Waals surface area (Å²) in [5.74, 6) is 6.74. The monoisotopic (exact) mass is 412 g/mol. The van der Waals surface area contributed by atoms with Crippen molar-refractivity contribution in [3.05, 3.63) is 82.9 Å². The van der Waals surface area contributed by atoms with Crippen LogP contribution < -0.4 is 0 Å². The van der Waals surface area contributed by atoms with Crippen molar-refractivity contribution in [1.82, 2.24) is 0 Å². The predicted octanol–water partition coefficient (Wildman–Crippen LogP) is 6.03. The molecule has 22 heavy (non-hydrogen) atoms. The average molecular weight is 414 g/mol. The molecule has 3 rings (SSSR count). The number of alkyl halides is 2. The van der Waals surface area contributed by atoms with E-state index in [2.05, 4.69) is 92.2 Å². The van der Waals surface area contributed by atoms with Crippen molar-refractivity contribution in [3.8, 4) is 11.8 Å². The van der Waals surface area contributed by atoms with Crippen LogP contribution in [0.4, 0.5) is 0 Å². The first-order valence-corrected chi connectivity index (χ1v) is 9.30. The number of fused-ring (bicyclic) bond motifs is 1. The Labute approximate surface area is 147 Å². The summed E-state index contributed by atoms with van der Waals surface area (Å²) in [6.45, 7) is 0. The smallest absolute Gasteiger partial charge is 0.0368 e. The summed E-state index contributed by atoms with van der Waals surface area (Å²) in [5.41, 5.74) is 4.63. The third-order valence-corrected chi connectivity index (χ3v) is 4.85. The van der Waals surface area contributed by atoms with Gasteiger partial charge in [0.1, 0.15) is 0 Å². The maximum atomic E-state index is 3.57. The van der Waals surface area contributed by atoms with Crippen molar-refractivity contribution >= 4 is 42.6 Å². The van der Waals surface area contributed by atoms with Gasteiger partial charge in [-0.25, -0.2) is 0 Å². The van der Waals surface area contributed by atoms with Gasteiger partial charge in [-0.3, -0.25) is 0 Å². The predicted molar refractivity (Wildman–Crippen MR) is 102 cm³/mol. The molecule has 0 heterocycles. The molecule has 0 N–H and O–H groups in total. The zero-order chi connectivity index (χ0) is 15.4. The van der Waals surface area contributed by atoms with Gasteiger partial charge >= 0.3 is 0 Å². The third-order valence-electron chi connectivity index (χ3n) is 3.64. The summed E-state index contributed by atoms with van der Waals surface area (Å²) < 4.78 is 0. The summed E-state index contributed by atoms with van der Waals surface area (Å²) in [5, 5.41) is 4.06. The maximum absolute atomic E-state index is 3.57. The van der Waals surface area contributed by atoms with E-state index >= 15 is 0 Å². The zero-order valence-electron chi connectivity index (χ0n) is 11.9. The molecular weight excluding hydrogens is 400 g/mol. The normalized spacial score (nSPS) is 10.3. The molecule has 0 bridgehead atoms. The van der Waals surface area contributed by atoms with Gasteiger partial charge in [-0.1, -0.05) is 98.3 Å². The van der Waals surface area contributed by atoms with E-state index in [4.69, 9.17) is 0 Å². The molecule has 0 saturated heterocycles. The third kappa shape index (κ3) is 3.11. The fourth-order valence-electron chi connectivity index (χ4n) is 2.46. The SMILES string of the molecule is BrCc1ccccc1C#Cc1c(CBr)ccc2ccccc12. The van der Waals surface area contributed by atoms with Gasteiger partial charge in [-0.15, -0.1) is 0 Å². The molecule has 0 amide bonds. The molecule has 0 fully saturated rings. The van der Waals surface area contributed by atoms with E-state index < -0.39 is 0 Å². The molecule has 0 saturated carbocycles. The summed E-state index contributed by atoms with van der Waals surface area (Å²) in [7, 11) is 0. The van der Waals surface area contributed by atoms with E-state index in [-0.39, 0.29) is 0 Å². The van der Waals surface area contributed by atoms with Crippen LogP contribution in [0.2, 0.25) is 0 Å². The van der Waals surface area contributed by atoms with E-state index in [0.29, 0.717) is 0 Å². The van der Waals surface area contributed by atoms with Crippen LogP contribution in [-0.4, -0.2) is 0 Å². The lowest BCUT2D eigenvalue weighted by Crippen LogP contribution is -1.89. The van der Waals surface area contributed by atoms with Crippen LogP contribution in [0.15, 0.2) is 60.7 Å². The molecule has 0 unspecified atom stereocenters. The van der Waals surface area contributed by atoms with Gasteiger partial charge < -0.3 is 0 Å². The number of hydrogen-bond donors (Lipinski definition) is 0. The second-order valence-corrected chi connectivity index (χ2v) is 6.12. The minimum Gasteiger partial charge on any atom is -0.0876 e. The van der Waals surface area contributed by atoms with Crippen LogP contribution in [0.5, 0.6) is 0 Å². The minimum absolute atomic E-state index is 0.807. The maximum Gasteiger partial charge on any atom is 0.0368 e. The average Bonchev–Trinajstić information content (AvgIpc) is 2.59. The molecule has 108 valence electrons. The van der Waals surface area contributed by atoms with Crippen LogP contribution in [0.3, 0.4) is 0 Å². The molecule has 0 nitrogen and oxygen atoms in total. The lowest BCUT2D eigenvalue weighted by molar-refractivity contribution is 1.40. The lowest BCUT2D eigenvalue weighted by Gasteiger charge is -2.06. The topological polar surface area (TPSA) is 0 Å². The highest BCUT2D eigenvalue weighted by Gasteiger charge is 2.04. The number of halogens is 2. The van der Waals surface area contributed by atoms with Crippen molar-refractivity contribution < 1.29 is 0 Å². The first-order valence-electron chi connectivity index (χ1n) is 7.06. The van der Waals surface area contributed by atoms with Crippen molar-refractivity contribution in [2.45, 2.75) is 10.7 Å². The van der Waals surface area contributed by atoms with E-state index in [9.17, 15) is 0 Å². The zero-order valence-corrected chi connectivity index (χ0v) is 15.1. The van der Waals surface area contributed by atoms with Crippen molar-refractivity contribution in [2.75, 3.05) is 0 Å². The largest absolute Gasteiger partial charge is 0.0876 e. The lowest BCUT2D eigenvalue weighted by atomic mass is 9.99. The van der Waals surface area contributed by atoms with Crippen molar-refractivity contribution in [3.63, 3.8) is 0 Å². The molecule has 0 aliphatic heterocycles. The quantitative estimate of drug-likeness (QED) is 0.355. The second-order valence-electron chi connectivity index (χ2n) is 5.00. The Morgan fingerprint density at radius 1 is 0.682 bits per heavy atom. The Morgan fingerprint density at radius 3 is 2.23 bits per heavy atom. The van der Waals surface area contributed by atoms with Gasteiger partial charge in [0.15, 0.2) is 0 Å². The van der Waals surface area contributed by atoms with Gasteiger partial charge in [-0.2, -0.15) is 0 Å². The van der Waals surface area contributed by atoms with Crippen LogP contribution in [0.1, 0.15) is 22.3 Å². The van der Waals surface area contributed by atoms with Crippen LogP contribution in [-0.2, 0) is 10.7 Å². The van der Waals surface area contributed by atoms with Crippen LogP contribution in [0, 0.1) is 11.8 Å². The molecule has 0 aliphatic rings. The van der Waals surface area contributed by atoms with Gasteiger partial charge in [0, 0.05) is 21.8 Å². The molecule has 3 aromatic rings. The molecule has 0 spiro atoms. The summed E-state index contributed by atoms with van der Waals surface area (Å²) in [4.78, 5) is 0. The minimum atomic E-state index is 0.807. The fraction of sp³-hybridized carbons (Fsp3) is 0.100. The molecule has 0 radical (unpaired) electrons. The highest BCUT2D eigenvalue weighted by Crippen LogP contribution is 2.23. The fourth-order valence-corrected chi connectivity index (χ4v) is 3.42. The van der Waals surface area contributed by atoms with E-state index in [1.807, 2.05) is 12.1 Å². The highest BCUT2D eigenvalue weighted by molar-refractivity contribution is 9.08. The van der Waals surface area contributed by atoms with Crippen LogP contribution >= 0.6 is 31.9 Å². The Morgan fingerprint density at radius 2 is 1.41 bits per heavy atom. The van der Waals surface area contributed by atoms with E-state index in [1.165, 1.54) is 21.9 Å². The molecule has 0 aliphatic carbocycles.